The highest BCUT2D eigenvalue weighted by Crippen LogP contribution is 2.33. The minimum Gasteiger partial charge on any atom is -0.462 e. The summed E-state index contributed by atoms with van der Waals surface area (Å²) < 4.78 is 4.99. The Hall–Kier alpha value is -1.23. The fraction of sp³-hybridized carbons (Fsp3) is 0.615. The van der Waals surface area contributed by atoms with Gasteiger partial charge in [0.2, 0.25) is 0 Å². The highest BCUT2D eigenvalue weighted by molar-refractivity contribution is 7.18. The molecule has 2 N–H and O–H groups in total. The van der Waals surface area contributed by atoms with E-state index in [2.05, 4.69) is 25.7 Å². The van der Waals surface area contributed by atoms with Crippen LogP contribution in [-0.4, -0.2) is 25.7 Å². The van der Waals surface area contributed by atoms with Crippen LogP contribution in [0.1, 0.15) is 37.4 Å². The van der Waals surface area contributed by atoms with Crippen molar-refractivity contribution in [3.05, 3.63) is 10.9 Å². The van der Waals surface area contributed by atoms with Gasteiger partial charge in [-0.3, -0.25) is 0 Å². The molecule has 0 radical (unpaired) electrons. The van der Waals surface area contributed by atoms with Gasteiger partial charge in [-0.05, 0) is 25.8 Å². The Kier molecular flexibility index (Phi) is 5.47. The van der Waals surface area contributed by atoms with Crippen molar-refractivity contribution in [3.63, 3.8) is 0 Å². The van der Waals surface area contributed by atoms with E-state index in [4.69, 9.17) is 10.5 Å². The summed E-state index contributed by atoms with van der Waals surface area (Å²) in [5.74, 6) is 0.242. The molecule has 0 bridgehead atoms. The number of nitrogen functional groups attached to an aromatic ring is 1. The molecule has 0 unspecified atom stereocenters. The normalized spacial score (nSPS) is 10.7. The average Bonchev–Trinajstić information content (AvgIpc) is 2.68. The number of thiophene rings is 1. The van der Waals surface area contributed by atoms with E-state index in [1.54, 1.807) is 6.92 Å². The molecule has 18 heavy (non-hydrogen) atoms. The van der Waals surface area contributed by atoms with Gasteiger partial charge in [0, 0.05) is 13.1 Å². The smallest absolute Gasteiger partial charge is 0.350 e. The minimum atomic E-state index is -0.327. The summed E-state index contributed by atoms with van der Waals surface area (Å²) in [5.41, 5.74) is 6.39. The molecule has 0 atom stereocenters. The Labute approximate surface area is 113 Å². The van der Waals surface area contributed by atoms with Crippen molar-refractivity contribution >= 4 is 28.0 Å². The molecule has 0 aromatic carbocycles. The van der Waals surface area contributed by atoms with Crippen LogP contribution < -0.4 is 10.6 Å². The van der Waals surface area contributed by atoms with Crippen molar-refractivity contribution in [1.82, 2.24) is 0 Å². The van der Waals surface area contributed by atoms with E-state index in [1.807, 2.05) is 6.07 Å². The number of esters is 1. The van der Waals surface area contributed by atoms with Crippen LogP contribution >= 0.6 is 11.3 Å². The summed E-state index contributed by atoms with van der Waals surface area (Å²) in [6.45, 7) is 10.5. The van der Waals surface area contributed by atoms with Crippen LogP contribution in [0, 0.1) is 5.92 Å². The zero-order valence-corrected chi connectivity index (χ0v) is 12.3. The van der Waals surface area contributed by atoms with E-state index < -0.39 is 0 Å². The number of nitrogens with two attached hydrogens (primary N) is 1. The zero-order chi connectivity index (χ0) is 13.7. The van der Waals surface area contributed by atoms with Crippen LogP contribution in [0.5, 0.6) is 0 Å². The average molecular weight is 270 g/mol. The van der Waals surface area contributed by atoms with Gasteiger partial charge in [-0.25, -0.2) is 4.79 Å². The highest BCUT2D eigenvalue weighted by Gasteiger charge is 2.18. The maximum absolute atomic E-state index is 11.7. The summed E-state index contributed by atoms with van der Waals surface area (Å²) in [6.07, 6.45) is 0. The molecule has 102 valence electrons. The quantitative estimate of drug-likeness (QED) is 0.807. The first kappa shape index (κ1) is 14.8. The molecule has 5 heteroatoms. The van der Waals surface area contributed by atoms with E-state index in [9.17, 15) is 4.79 Å². The molecule has 1 aromatic rings. The SMILES string of the molecule is CCOC(=O)c1sc(N(CC)CC(C)C)cc1N. The molecular weight excluding hydrogens is 248 g/mol. The lowest BCUT2D eigenvalue weighted by atomic mass is 10.2. The third kappa shape index (κ3) is 3.63. The van der Waals surface area contributed by atoms with E-state index in [1.165, 1.54) is 11.3 Å². The Morgan fingerprint density at radius 3 is 2.67 bits per heavy atom. The molecule has 1 rings (SSSR count). The molecule has 0 spiro atoms. The van der Waals surface area contributed by atoms with Gasteiger partial charge in [0.15, 0.2) is 0 Å². The summed E-state index contributed by atoms with van der Waals surface area (Å²) >= 11 is 1.41. The van der Waals surface area contributed by atoms with Gasteiger partial charge in [0.05, 0.1) is 17.3 Å². The van der Waals surface area contributed by atoms with Crippen LogP contribution in [0.25, 0.3) is 0 Å². The van der Waals surface area contributed by atoms with E-state index in [-0.39, 0.29) is 5.97 Å². The summed E-state index contributed by atoms with van der Waals surface area (Å²) in [6, 6.07) is 1.86. The van der Waals surface area contributed by atoms with Crippen LogP contribution in [0.15, 0.2) is 6.07 Å². The van der Waals surface area contributed by atoms with Crippen molar-refractivity contribution in [2.75, 3.05) is 30.3 Å². The van der Waals surface area contributed by atoms with Gasteiger partial charge in [-0.2, -0.15) is 0 Å². The van der Waals surface area contributed by atoms with E-state index in [0.717, 1.165) is 18.1 Å². The minimum absolute atomic E-state index is 0.327. The number of nitrogens with zero attached hydrogens (tertiary/aromatic N) is 1. The lowest BCUT2D eigenvalue weighted by molar-refractivity contribution is 0.0533. The molecule has 0 aliphatic carbocycles. The molecule has 4 nitrogen and oxygen atoms in total. The van der Waals surface area contributed by atoms with Crippen molar-refractivity contribution in [1.29, 1.82) is 0 Å². The standard InChI is InChI=1S/C13H22N2O2S/c1-5-15(8-9(3)4)11-7-10(14)12(18-11)13(16)17-6-2/h7,9H,5-6,8,14H2,1-4H3. The summed E-state index contributed by atoms with van der Waals surface area (Å²) in [4.78, 5) is 14.4. The third-order valence-corrected chi connectivity index (χ3v) is 3.68. The maximum atomic E-state index is 11.7. The number of hydrogen-bond donors (Lipinski definition) is 1. The Morgan fingerprint density at radius 2 is 2.17 bits per heavy atom. The number of carbonyl (C=O) groups is 1. The number of rotatable bonds is 6. The first-order valence-electron chi connectivity index (χ1n) is 6.30. The van der Waals surface area contributed by atoms with Crippen molar-refractivity contribution < 1.29 is 9.53 Å². The zero-order valence-electron chi connectivity index (χ0n) is 11.5. The topological polar surface area (TPSA) is 55.6 Å². The van der Waals surface area contributed by atoms with E-state index >= 15 is 0 Å². The predicted octanol–water partition coefficient (Wildman–Crippen LogP) is 2.99. The molecule has 0 fully saturated rings. The molecule has 0 aliphatic heterocycles. The lowest BCUT2D eigenvalue weighted by Crippen LogP contribution is -2.26. The Bertz CT molecular complexity index is 402. The van der Waals surface area contributed by atoms with Gasteiger partial charge in [-0.15, -0.1) is 11.3 Å². The maximum Gasteiger partial charge on any atom is 0.350 e. The van der Waals surface area contributed by atoms with Crippen molar-refractivity contribution in [2.45, 2.75) is 27.7 Å². The monoisotopic (exact) mass is 270 g/mol. The summed E-state index contributed by atoms with van der Waals surface area (Å²) in [7, 11) is 0. The molecule has 1 aromatic heterocycles. The van der Waals surface area contributed by atoms with Gasteiger partial charge < -0.3 is 15.4 Å². The van der Waals surface area contributed by atoms with E-state index in [0.29, 0.717) is 23.1 Å². The molecular formula is C13H22N2O2S. The molecule has 0 aliphatic rings. The number of anilines is 2. The first-order chi connectivity index (χ1) is 8.49. The first-order valence-corrected chi connectivity index (χ1v) is 7.12. The highest BCUT2D eigenvalue weighted by atomic mass is 32.1. The van der Waals surface area contributed by atoms with Crippen molar-refractivity contribution in [2.24, 2.45) is 5.92 Å². The van der Waals surface area contributed by atoms with Crippen LogP contribution in [0.3, 0.4) is 0 Å². The third-order valence-electron chi connectivity index (χ3n) is 2.49. The van der Waals surface area contributed by atoms with Gasteiger partial charge in [-0.1, -0.05) is 13.8 Å². The second-order valence-electron chi connectivity index (χ2n) is 4.52. The molecule has 0 saturated heterocycles. The fourth-order valence-corrected chi connectivity index (χ4v) is 2.77. The van der Waals surface area contributed by atoms with Crippen molar-refractivity contribution in [3.8, 4) is 0 Å². The fourth-order valence-electron chi connectivity index (χ4n) is 1.72. The Morgan fingerprint density at radius 1 is 1.50 bits per heavy atom. The lowest BCUT2D eigenvalue weighted by Gasteiger charge is -2.22. The predicted molar refractivity (Wildman–Crippen MR) is 77.4 cm³/mol. The van der Waals surface area contributed by atoms with Gasteiger partial charge >= 0.3 is 5.97 Å². The second-order valence-corrected chi connectivity index (χ2v) is 5.55. The van der Waals surface area contributed by atoms with Crippen LogP contribution in [0.4, 0.5) is 10.7 Å². The molecule has 1 heterocycles. The Balaban J connectivity index is 2.91. The number of carbonyl (C=O) groups excluding carboxylic acids is 1. The number of hydrogen-bond acceptors (Lipinski definition) is 5. The van der Waals surface area contributed by atoms with Crippen LogP contribution in [0.2, 0.25) is 0 Å². The summed E-state index contributed by atoms with van der Waals surface area (Å²) in [5, 5.41) is 1.03. The number of ether oxygens (including phenoxy) is 1. The van der Waals surface area contributed by atoms with Gasteiger partial charge in [0.25, 0.3) is 0 Å². The van der Waals surface area contributed by atoms with Gasteiger partial charge in [0.1, 0.15) is 4.88 Å². The second kappa shape index (κ2) is 6.64. The molecule has 0 saturated carbocycles. The molecule has 0 amide bonds. The largest absolute Gasteiger partial charge is 0.462 e. The van der Waals surface area contributed by atoms with Crippen LogP contribution in [-0.2, 0) is 4.74 Å².